The van der Waals surface area contributed by atoms with E-state index in [4.69, 9.17) is 0 Å². The maximum atomic E-state index is 2.27. The van der Waals surface area contributed by atoms with E-state index in [1.807, 2.05) is 0 Å². The Morgan fingerprint density at radius 3 is 1.29 bits per heavy atom. The Morgan fingerprint density at radius 1 is 0.647 bits per heavy atom. The van der Waals surface area contributed by atoms with Crippen molar-refractivity contribution in [2.24, 2.45) is 0 Å². The van der Waals surface area contributed by atoms with Crippen LogP contribution < -0.4 is 8.92 Å². The van der Waals surface area contributed by atoms with Gasteiger partial charge in [-0.3, -0.25) is 0 Å². The van der Waals surface area contributed by atoms with Crippen molar-refractivity contribution in [2.75, 3.05) is 0 Å². The Hall–Kier alpha value is -1.04. The van der Waals surface area contributed by atoms with E-state index < -0.39 is 0 Å². The molecule has 0 aliphatic heterocycles. The van der Waals surface area contributed by atoms with Crippen LogP contribution in [0.15, 0.2) is 48.5 Å². The molecule has 0 heterocycles. The van der Waals surface area contributed by atoms with Crippen molar-refractivity contribution in [1.82, 2.24) is 0 Å². The van der Waals surface area contributed by atoms with E-state index in [1.165, 1.54) is 20.1 Å². The fourth-order valence-electron chi connectivity index (χ4n) is 1.72. The van der Waals surface area contributed by atoms with Crippen LogP contribution in [0, 0.1) is 0 Å². The van der Waals surface area contributed by atoms with Crippen LogP contribution in [0.5, 0.6) is 0 Å². The zero-order valence-electron chi connectivity index (χ0n) is 10.4. The second-order valence-corrected chi connectivity index (χ2v) is 6.50. The number of benzene rings is 2. The van der Waals surface area contributed by atoms with E-state index in [0.717, 1.165) is 12.8 Å². The van der Waals surface area contributed by atoms with Crippen LogP contribution in [-0.4, -0.2) is 15.0 Å². The summed E-state index contributed by atoms with van der Waals surface area (Å²) >= 11 is 0.443. The normalized spacial score (nSPS) is 10.5. The summed E-state index contributed by atoms with van der Waals surface area (Å²) in [6.07, 6.45) is 2.25. The monoisotopic (exact) mass is 290 g/mol. The van der Waals surface area contributed by atoms with Crippen LogP contribution in [0.2, 0.25) is 0 Å². The molecular weight excluding hydrogens is 271 g/mol. The zero-order chi connectivity index (χ0) is 12.1. The van der Waals surface area contributed by atoms with Gasteiger partial charge in [0.2, 0.25) is 0 Å². The van der Waals surface area contributed by atoms with E-state index in [2.05, 4.69) is 62.4 Å². The first-order chi connectivity index (χ1) is 8.31. The molecule has 0 N–H and O–H groups in total. The fourth-order valence-corrected chi connectivity index (χ4v) is 3.44. The predicted octanol–water partition coefficient (Wildman–Crippen LogP) is 2.47. The number of aryl methyl sites for hydroxylation is 2. The van der Waals surface area contributed by atoms with Crippen molar-refractivity contribution in [1.29, 1.82) is 0 Å². The molecule has 0 saturated heterocycles. The summed E-state index contributed by atoms with van der Waals surface area (Å²) in [4.78, 5) is 0. The molecule has 2 rings (SSSR count). The molecule has 0 aliphatic rings. The molecular formula is C16H18Se. The molecule has 0 spiro atoms. The van der Waals surface area contributed by atoms with Gasteiger partial charge in [0.25, 0.3) is 0 Å². The van der Waals surface area contributed by atoms with Crippen LogP contribution in [0.3, 0.4) is 0 Å². The summed E-state index contributed by atoms with van der Waals surface area (Å²) in [6, 6.07) is 18.1. The average molecular weight is 289 g/mol. The average Bonchev–Trinajstić information content (AvgIpc) is 2.40. The first-order valence-corrected chi connectivity index (χ1v) is 7.89. The van der Waals surface area contributed by atoms with Crippen molar-refractivity contribution in [3.05, 3.63) is 59.7 Å². The molecule has 0 saturated carbocycles. The molecule has 17 heavy (non-hydrogen) atoms. The van der Waals surface area contributed by atoms with E-state index >= 15 is 0 Å². The third kappa shape index (κ3) is 3.46. The minimum absolute atomic E-state index is 0.443. The first kappa shape index (κ1) is 12.4. The molecule has 0 unspecified atom stereocenters. The fraction of sp³-hybridized carbons (Fsp3) is 0.250. The van der Waals surface area contributed by atoms with Gasteiger partial charge in [-0.15, -0.1) is 0 Å². The number of hydrogen-bond acceptors (Lipinski definition) is 0. The molecule has 0 nitrogen and oxygen atoms in total. The van der Waals surface area contributed by atoms with Gasteiger partial charge in [0.1, 0.15) is 0 Å². The van der Waals surface area contributed by atoms with Crippen molar-refractivity contribution >= 4 is 23.9 Å². The van der Waals surface area contributed by atoms with Crippen molar-refractivity contribution in [3.8, 4) is 0 Å². The van der Waals surface area contributed by atoms with Gasteiger partial charge in [0.05, 0.1) is 0 Å². The van der Waals surface area contributed by atoms with Gasteiger partial charge in [0.15, 0.2) is 0 Å². The molecule has 0 bridgehead atoms. The SMILES string of the molecule is CCc1ccc([Se]c2ccc(CC)cc2)cc1. The van der Waals surface area contributed by atoms with Crippen molar-refractivity contribution in [3.63, 3.8) is 0 Å². The molecule has 88 valence electrons. The molecule has 2 aromatic rings. The van der Waals surface area contributed by atoms with Gasteiger partial charge in [-0.05, 0) is 0 Å². The van der Waals surface area contributed by atoms with Crippen molar-refractivity contribution in [2.45, 2.75) is 26.7 Å². The Kier molecular flexibility index (Phi) is 4.42. The standard InChI is InChI=1S/C16H18Se/c1-3-13-5-9-15(10-6-13)17-16-11-7-14(4-2)8-12-16/h5-12H,3-4H2,1-2H3. The molecule has 2 aromatic carbocycles. The van der Waals surface area contributed by atoms with E-state index in [9.17, 15) is 0 Å². The van der Waals surface area contributed by atoms with Gasteiger partial charge in [-0.2, -0.15) is 0 Å². The summed E-state index contributed by atoms with van der Waals surface area (Å²) < 4.78 is 2.91. The summed E-state index contributed by atoms with van der Waals surface area (Å²) in [5, 5.41) is 0. The second kappa shape index (κ2) is 6.05. The number of rotatable bonds is 4. The van der Waals surface area contributed by atoms with Crippen LogP contribution >= 0.6 is 0 Å². The van der Waals surface area contributed by atoms with Crippen LogP contribution in [-0.2, 0) is 12.8 Å². The summed E-state index contributed by atoms with van der Waals surface area (Å²) in [7, 11) is 0. The van der Waals surface area contributed by atoms with E-state index in [-0.39, 0.29) is 0 Å². The zero-order valence-corrected chi connectivity index (χ0v) is 12.2. The molecule has 0 fully saturated rings. The quantitative estimate of drug-likeness (QED) is 0.759. The first-order valence-electron chi connectivity index (χ1n) is 6.17. The Bertz CT molecular complexity index is 408. The Morgan fingerprint density at radius 2 is 1.00 bits per heavy atom. The Balaban J connectivity index is 2.08. The van der Waals surface area contributed by atoms with Crippen LogP contribution in [0.1, 0.15) is 25.0 Å². The van der Waals surface area contributed by atoms with Crippen molar-refractivity contribution < 1.29 is 0 Å². The van der Waals surface area contributed by atoms with Gasteiger partial charge in [-0.25, -0.2) is 0 Å². The summed E-state index contributed by atoms with van der Waals surface area (Å²) in [5.41, 5.74) is 2.84. The topological polar surface area (TPSA) is 0 Å². The van der Waals surface area contributed by atoms with E-state index in [0.29, 0.717) is 15.0 Å². The molecule has 0 amide bonds. The summed E-state index contributed by atoms with van der Waals surface area (Å²) in [6.45, 7) is 4.40. The van der Waals surface area contributed by atoms with Gasteiger partial charge >= 0.3 is 110 Å². The Labute approximate surface area is 110 Å². The van der Waals surface area contributed by atoms with Gasteiger partial charge < -0.3 is 0 Å². The molecule has 0 atom stereocenters. The second-order valence-electron chi connectivity index (χ2n) is 4.10. The molecule has 0 aliphatic carbocycles. The van der Waals surface area contributed by atoms with Gasteiger partial charge in [-0.1, -0.05) is 0 Å². The molecule has 1 heteroatoms. The third-order valence-electron chi connectivity index (χ3n) is 2.90. The summed E-state index contributed by atoms with van der Waals surface area (Å²) in [5.74, 6) is 0. The van der Waals surface area contributed by atoms with E-state index in [1.54, 1.807) is 0 Å². The molecule has 0 radical (unpaired) electrons. The third-order valence-corrected chi connectivity index (χ3v) is 5.03. The number of hydrogen-bond donors (Lipinski definition) is 0. The minimum atomic E-state index is 0.443. The maximum absolute atomic E-state index is 2.27. The van der Waals surface area contributed by atoms with Crippen LogP contribution in [0.4, 0.5) is 0 Å². The van der Waals surface area contributed by atoms with Crippen LogP contribution in [0.25, 0.3) is 0 Å². The molecule has 0 aromatic heterocycles. The van der Waals surface area contributed by atoms with Gasteiger partial charge in [0, 0.05) is 0 Å². The predicted molar refractivity (Wildman–Crippen MR) is 76.7 cm³/mol.